The summed E-state index contributed by atoms with van der Waals surface area (Å²) < 4.78 is 2.67. The summed E-state index contributed by atoms with van der Waals surface area (Å²) in [5, 5.41) is 1.02. The van der Waals surface area contributed by atoms with Crippen LogP contribution in [0.4, 0.5) is 0 Å². The number of carbonyl (C=O) groups is 1. The van der Waals surface area contributed by atoms with Crippen molar-refractivity contribution in [3.63, 3.8) is 0 Å². The van der Waals surface area contributed by atoms with Crippen LogP contribution in [-0.4, -0.2) is 20.3 Å². The third-order valence-electron chi connectivity index (χ3n) is 3.44. The average Bonchev–Trinajstić information content (AvgIpc) is 2.89. The first-order valence-corrected chi connectivity index (χ1v) is 7.49. The number of Topliss-reactive ketones (excluding diaryl/α,β-unsaturated/α-hetero) is 1. The predicted molar refractivity (Wildman–Crippen MR) is 85.3 cm³/mol. The summed E-state index contributed by atoms with van der Waals surface area (Å²) in [7, 11) is 1.93. The fourth-order valence-electron chi connectivity index (χ4n) is 2.27. The van der Waals surface area contributed by atoms with Crippen LogP contribution >= 0.6 is 15.9 Å². The van der Waals surface area contributed by atoms with Gasteiger partial charge in [0.05, 0.1) is 5.52 Å². The standard InChI is InChI=1S/C16H14BrN3O/c1-20-9-8-18-15(20)7-6-14(21)16-12(17)10-11-4-2-3-5-13(11)19-16/h2-5,8-10H,6-7H2,1H3. The Labute approximate surface area is 131 Å². The van der Waals surface area contributed by atoms with Crippen molar-refractivity contribution in [3.05, 3.63) is 58.7 Å². The van der Waals surface area contributed by atoms with E-state index in [2.05, 4.69) is 25.9 Å². The quantitative estimate of drug-likeness (QED) is 0.680. The lowest BCUT2D eigenvalue weighted by molar-refractivity contribution is 0.0976. The Kier molecular flexibility index (Phi) is 3.84. The molecule has 0 amide bonds. The van der Waals surface area contributed by atoms with Gasteiger partial charge < -0.3 is 4.57 Å². The van der Waals surface area contributed by atoms with Crippen molar-refractivity contribution in [1.29, 1.82) is 0 Å². The average molecular weight is 344 g/mol. The molecule has 0 bridgehead atoms. The van der Waals surface area contributed by atoms with Crippen LogP contribution in [0.3, 0.4) is 0 Å². The molecule has 0 atom stereocenters. The van der Waals surface area contributed by atoms with Crippen LogP contribution in [0.1, 0.15) is 22.7 Å². The SMILES string of the molecule is Cn1ccnc1CCC(=O)c1nc2ccccc2cc1Br. The molecule has 4 nitrogen and oxygen atoms in total. The molecule has 0 N–H and O–H groups in total. The highest BCUT2D eigenvalue weighted by molar-refractivity contribution is 9.10. The molecule has 3 aromatic rings. The summed E-state index contributed by atoms with van der Waals surface area (Å²) in [5.74, 6) is 0.927. The molecule has 0 aliphatic rings. The van der Waals surface area contributed by atoms with Gasteiger partial charge in [-0.05, 0) is 28.1 Å². The maximum Gasteiger partial charge on any atom is 0.182 e. The van der Waals surface area contributed by atoms with Gasteiger partial charge in [0, 0.05) is 42.1 Å². The molecule has 106 valence electrons. The molecule has 3 rings (SSSR count). The number of hydrogen-bond acceptors (Lipinski definition) is 3. The van der Waals surface area contributed by atoms with Crippen LogP contribution in [0.25, 0.3) is 10.9 Å². The number of benzene rings is 1. The Morgan fingerprint density at radius 2 is 2.14 bits per heavy atom. The molecule has 0 unspecified atom stereocenters. The van der Waals surface area contributed by atoms with Crippen LogP contribution in [0.5, 0.6) is 0 Å². The van der Waals surface area contributed by atoms with Crippen molar-refractivity contribution in [2.45, 2.75) is 12.8 Å². The molecule has 21 heavy (non-hydrogen) atoms. The predicted octanol–water partition coefficient (Wildman–Crippen LogP) is 3.55. The lowest BCUT2D eigenvalue weighted by Gasteiger charge is -2.06. The van der Waals surface area contributed by atoms with Crippen molar-refractivity contribution in [2.75, 3.05) is 0 Å². The van der Waals surface area contributed by atoms with Crippen molar-refractivity contribution in [1.82, 2.24) is 14.5 Å². The number of pyridine rings is 1. The van der Waals surface area contributed by atoms with E-state index in [1.807, 2.05) is 48.1 Å². The zero-order valence-electron chi connectivity index (χ0n) is 11.6. The lowest BCUT2D eigenvalue weighted by Crippen LogP contribution is -2.07. The first-order chi connectivity index (χ1) is 10.1. The van der Waals surface area contributed by atoms with Gasteiger partial charge in [0.25, 0.3) is 0 Å². The molecule has 0 saturated heterocycles. The highest BCUT2D eigenvalue weighted by Crippen LogP contribution is 2.22. The van der Waals surface area contributed by atoms with Gasteiger partial charge in [0.2, 0.25) is 0 Å². The summed E-state index contributed by atoms with van der Waals surface area (Å²) >= 11 is 3.45. The second-order valence-corrected chi connectivity index (χ2v) is 5.74. The van der Waals surface area contributed by atoms with Crippen molar-refractivity contribution in [3.8, 4) is 0 Å². The third-order valence-corrected chi connectivity index (χ3v) is 4.04. The highest BCUT2D eigenvalue weighted by Gasteiger charge is 2.14. The van der Waals surface area contributed by atoms with E-state index in [0.717, 1.165) is 21.2 Å². The largest absolute Gasteiger partial charge is 0.338 e. The van der Waals surface area contributed by atoms with Gasteiger partial charge in [-0.15, -0.1) is 0 Å². The van der Waals surface area contributed by atoms with Gasteiger partial charge in [-0.3, -0.25) is 4.79 Å². The van der Waals surface area contributed by atoms with E-state index >= 15 is 0 Å². The fraction of sp³-hybridized carbons (Fsp3) is 0.188. The second kappa shape index (κ2) is 5.77. The van der Waals surface area contributed by atoms with Crippen molar-refractivity contribution < 1.29 is 4.79 Å². The number of nitrogens with zero attached hydrogens (tertiary/aromatic N) is 3. The van der Waals surface area contributed by atoms with E-state index in [1.54, 1.807) is 6.20 Å². The van der Waals surface area contributed by atoms with E-state index in [4.69, 9.17) is 0 Å². The van der Waals surface area contributed by atoms with Gasteiger partial charge in [-0.2, -0.15) is 0 Å². The second-order valence-electron chi connectivity index (χ2n) is 4.89. The maximum atomic E-state index is 12.4. The number of hydrogen-bond donors (Lipinski definition) is 0. The number of carbonyl (C=O) groups excluding carboxylic acids is 1. The lowest BCUT2D eigenvalue weighted by atomic mass is 10.1. The molecule has 0 aliphatic heterocycles. The first kappa shape index (κ1) is 13.9. The molecule has 1 aromatic carbocycles. The zero-order chi connectivity index (χ0) is 14.8. The van der Waals surface area contributed by atoms with Crippen LogP contribution in [0, 0.1) is 0 Å². The minimum Gasteiger partial charge on any atom is -0.338 e. The van der Waals surface area contributed by atoms with Gasteiger partial charge in [0.15, 0.2) is 5.78 Å². The fourth-order valence-corrected chi connectivity index (χ4v) is 2.82. The molecule has 0 radical (unpaired) electrons. The molecule has 0 spiro atoms. The number of fused-ring (bicyclic) bond motifs is 1. The van der Waals surface area contributed by atoms with E-state index in [9.17, 15) is 4.79 Å². The smallest absolute Gasteiger partial charge is 0.182 e. The number of halogens is 1. The minimum atomic E-state index is 0.0237. The molecule has 0 fully saturated rings. The van der Waals surface area contributed by atoms with Crippen molar-refractivity contribution in [2.24, 2.45) is 7.05 Å². The molecule has 5 heteroatoms. The molecule has 2 heterocycles. The van der Waals surface area contributed by atoms with Gasteiger partial charge in [-0.1, -0.05) is 18.2 Å². The minimum absolute atomic E-state index is 0.0237. The van der Waals surface area contributed by atoms with Gasteiger partial charge >= 0.3 is 0 Å². The number of aryl methyl sites for hydroxylation is 2. The molecule has 0 saturated carbocycles. The maximum absolute atomic E-state index is 12.4. The monoisotopic (exact) mass is 343 g/mol. The van der Waals surface area contributed by atoms with E-state index < -0.39 is 0 Å². The molecule has 2 aromatic heterocycles. The molecule has 0 aliphatic carbocycles. The normalized spacial score (nSPS) is 11.0. The Hall–Kier alpha value is -2.01. The van der Waals surface area contributed by atoms with Crippen LogP contribution < -0.4 is 0 Å². The van der Waals surface area contributed by atoms with E-state index in [0.29, 0.717) is 18.5 Å². The Morgan fingerprint density at radius 1 is 1.33 bits per heavy atom. The number of aromatic nitrogens is 3. The van der Waals surface area contributed by atoms with Crippen LogP contribution in [0.2, 0.25) is 0 Å². The summed E-state index contributed by atoms with van der Waals surface area (Å²) in [6.07, 6.45) is 4.63. The summed E-state index contributed by atoms with van der Waals surface area (Å²) in [4.78, 5) is 21.1. The molecular formula is C16H14BrN3O. The van der Waals surface area contributed by atoms with Gasteiger partial charge in [0.1, 0.15) is 11.5 Å². The number of para-hydroxylation sites is 1. The number of imidazole rings is 1. The van der Waals surface area contributed by atoms with Crippen molar-refractivity contribution >= 4 is 32.6 Å². The topological polar surface area (TPSA) is 47.8 Å². The van der Waals surface area contributed by atoms with Crippen LogP contribution in [0.15, 0.2) is 47.2 Å². The number of ketones is 1. The van der Waals surface area contributed by atoms with Gasteiger partial charge in [-0.25, -0.2) is 9.97 Å². The van der Waals surface area contributed by atoms with Crippen LogP contribution in [-0.2, 0) is 13.5 Å². The van der Waals surface area contributed by atoms with E-state index in [1.165, 1.54) is 0 Å². The Balaban J connectivity index is 1.84. The summed E-state index contributed by atoms with van der Waals surface area (Å²) in [5.41, 5.74) is 1.32. The molecular weight excluding hydrogens is 330 g/mol. The summed E-state index contributed by atoms with van der Waals surface area (Å²) in [6, 6.07) is 9.72. The zero-order valence-corrected chi connectivity index (χ0v) is 13.2. The third kappa shape index (κ3) is 2.88. The Morgan fingerprint density at radius 3 is 2.90 bits per heavy atom. The van der Waals surface area contributed by atoms with E-state index in [-0.39, 0.29) is 5.78 Å². The highest BCUT2D eigenvalue weighted by atomic mass is 79.9. The first-order valence-electron chi connectivity index (χ1n) is 6.70. The number of rotatable bonds is 4. The Bertz CT molecular complexity index is 810. The summed E-state index contributed by atoms with van der Waals surface area (Å²) in [6.45, 7) is 0.